The number of carboxylic acids is 1. The van der Waals surface area contributed by atoms with Gasteiger partial charge in [0.15, 0.2) is 0 Å². The molecule has 2 N–H and O–H groups in total. The number of aliphatic carboxylic acids is 1. The SMILES string of the molecule is COc1ccc(I)cc1NCC(=O)O. The molecular weight excluding hydrogens is 297 g/mol. The molecular formula is C9H10INO3. The van der Waals surface area contributed by atoms with E-state index in [1.54, 1.807) is 13.2 Å². The number of hydrogen-bond donors (Lipinski definition) is 2. The van der Waals surface area contributed by atoms with Gasteiger partial charge in [-0.05, 0) is 40.8 Å². The van der Waals surface area contributed by atoms with Crippen molar-refractivity contribution in [2.75, 3.05) is 19.0 Å². The third-order valence-corrected chi connectivity index (χ3v) is 2.26. The van der Waals surface area contributed by atoms with Crippen molar-refractivity contribution < 1.29 is 14.6 Å². The van der Waals surface area contributed by atoms with Gasteiger partial charge in [0.25, 0.3) is 0 Å². The van der Waals surface area contributed by atoms with Crippen LogP contribution in [0.1, 0.15) is 0 Å². The quantitative estimate of drug-likeness (QED) is 0.833. The highest BCUT2D eigenvalue weighted by Crippen LogP contribution is 2.25. The van der Waals surface area contributed by atoms with Crippen LogP contribution < -0.4 is 10.1 Å². The predicted molar refractivity (Wildman–Crippen MR) is 61.8 cm³/mol. The summed E-state index contributed by atoms with van der Waals surface area (Å²) in [6.45, 7) is -0.115. The number of rotatable bonds is 4. The van der Waals surface area contributed by atoms with E-state index in [9.17, 15) is 4.79 Å². The van der Waals surface area contributed by atoms with E-state index in [1.165, 1.54) is 0 Å². The third kappa shape index (κ3) is 3.06. The Kier molecular flexibility index (Phi) is 3.99. The highest BCUT2D eigenvalue weighted by molar-refractivity contribution is 14.1. The normalized spacial score (nSPS) is 9.57. The second kappa shape index (κ2) is 5.04. The number of halogens is 1. The van der Waals surface area contributed by atoms with Gasteiger partial charge in [-0.3, -0.25) is 4.79 Å². The molecule has 0 aliphatic heterocycles. The Labute approximate surface area is 95.4 Å². The summed E-state index contributed by atoms with van der Waals surface area (Å²) >= 11 is 2.15. The molecule has 1 aromatic rings. The van der Waals surface area contributed by atoms with Crippen LogP contribution in [-0.2, 0) is 4.79 Å². The van der Waals surface area contributed by atoms with E-state index < -0.39 is 5.97 Å². The van der Waals surface area contributed by atoms with Crippen molar-refractivity contribution in [2.45, 2.75) is 0 Å². The van der Waals surface area contributed by atoms with Gasteiger partial charge in [0.05, 0.1) is 12.8 Å². The van der Waals surface area contributed by atoms with E-state index in [0.29, 0.717) is 11.4 Å². The van der Waals surface area contributed by atoms with Crippen molar-refractivity contribution in [1.29, 1.82) is 0 Å². The first-order chi connectivity index (χ1) is 6.63. The second-order valence-corrected chi connectivity index (χ2v) is 3.84. The minimum Gasteiger partial charge on any atom is -0.495 e. The molecule has 0 fully saturated rings. The second-order valence-electron chi connectivity index (χ2n) is 2.59. The van der Waals surface area contributed by atoms with Crippen LogP contribution >= 0.6 is 22.6 Å². The number of carboxylic acid groups (broad SMARTS) is 1. The summed E-state index contributed by atoms with van der Waals surface area (Å²) in [6.07, 6.45) is 0. The Bertz CT molecular complexity index is 341. The average molecular weight is 307 g/mol. The van der Waals surface area contributed by atoms with Crippen LogP contribution in [0.25, 0.3) is 0 Å². The molecule has 0 aromatic heterocycles. The molecule has 4 nitrogen and oxygen atoms in total. The monoisotopic (exact) mass is 307 g/mol. The molecule has 1 rings (SSSR count). The lowest BCUT2D eigenvalue weighted by molar-refractivity contribution is -0.134. The zero-order valence-electron chi connectivity index (χ0n) is 7.58. The Balaban J connectivity index is 2.82. The van der Waals surface area contributed by atoms with Gasteiger partial charge in [-0.25, -0.2) is 0 Å². The van der Waals surface area contributed by atoms with Gasteiger partial charge in [-0.15, -0.1) is 0 Å². The summed E-state index contributed by atoms with van der Waals surface area (Å²) in [4.78, 5) is 10.4. The fraction of sp³-hybridized carbons (Fsp3) is 0.222. The molecule has 0 amide bonds. The first-order valence-electron chi connectivity index (χ1n) is 3.92. The Morgan fingerprint density at radius 3 is 2.93 bits per heavy atom. The zero-order chi connectivity index (χ0) is 10.6. The number of nitrogens with one attached hydrogen (secondary N) is 1. The molecule has 0 aliphatic rings. The molecule has 76 valence electrons. The van der Waals surface area contributed by atoms with Crippen molar-refractivity contribution in [3.63, 3.8) is 0 Å². The maximum Gasteiger partial charge on any atom is 0.322 e. The molecule has 0 bridgehead atoms. The van der Waals surface area contributed by atoms with Crippen molar-refractivity contribution in [3.05, 3.63) is 21.8 Å². The lowest BCUT2D eigenvalue weighted by Crippen LogP contribution is -2.12. The maximum absolute atomic E-state index is 10.4. The smallest absolute Gasteiger partial charge is 0.322 e. The molecule has 5 heteroatoms. The van der Waals surface area contributed by atoms with Gasteiger partial charge < -0.3 is 15.2 Å². The van der Waals surface area contributed by atoms with Crippen LogP contribution in [0.4, 0.5) is 5.69 Å². The molecule has 0 atom stereocenters. The summed E-state index contributed by atoms with van der Waals surface area (Å²) in [7, 11) is 1.55. The van der Waals surface area contributed by atoms with Crippen LogP contribution in [-0.4, -0.2) is 24.7 Å². The van der Waals surface area contributed by atoms with Crippen molar-refractivity contribution >= 4 is 34.2 Å². The highest BCUT2D eigenvalue weighted by Gasteiger charge is 2.04. The predicted octanol–water partition coefficient (Wildman–Crippen LogP) is 1.80. The fourth-order valence-electron chi connectivity index (χ4n) is 0.989. The lowest BCUT2D eigenvalue weighted by atomic mass is 10.3. The summed E-state index contributed by atoms with van der Waals surface area (Å²) in [5, 5.41) is 11.3. The number of ether oxygens (including phenoxy) is 1. The molecule has 0 saturated heterocycles. The largest absolute Gasteiger partial charge is 0.495 e. The van der Waals surface area contributed by atoms with Crippen molar-refractivity contribution in [2.24, 2.45) is 0 Å². The molecule has 0 spiro atoms. The van der Waals surface area contributed by atoms with Crippen LogP contribution in [0, 0.1) is 3.57 Å². The minimum atomic E-state index is -0.897. The zero-order valence-corrected chi connectivity index (χ0v) is 9.74. The number of carbonyl (C=O) groups is 1. The van der Waals surface area contributed by atoms with Gasteiger partial charge in [-0.1, -0.05) is 0 Å². The fourth-order valence-corrected chi connectivity index (χ4v) is 1.48. The highest BCUT2D eigenvalue weighted by atomic mass is 127. The summed E-state index contributed by atoms with van der Waals surface area (Å²) in [5.74, 6) is -0.252. The average Bonchev–Trinajstić information content (AvgIpc) is 2.15. The third-order valence-electron chi connectivity index (χ3n) is 1.59. The van der Waals surface area contributed by atoms with Gasteiger partial charge in [0.2, 0.25) is 0 Å². The number of benzene rings is 1. The number of hydrogen-bond acceptors (Lipinski definition) is 3. The Hall–Kier alpha value is -0.980. The molecule has 0 aliphatic carbocycles. The van der Waals surface area contributed by atoms with Gasteiger partial charge in [0, 0.05) is 3.57 Å². The summed E-state index contributed by atoms with van der Waals surface area (Å²) < 4.78 is 6.10. The van der Waals surface area contributed by atoms with Gasteiger partial charge >= 0.3 is 5.97 Å². The molecule has 0 radical (unpaired) electrons. The molecule has 14 heavy (non-hydrogen) atoms. The van der Waals surface area contributed by atoms with E-state index in [4.69, 9.17) is 9.84 Å². The molecule has 0 saturated carbocycles. The van der Waals surface area contributed by atoms with Crippen LogP contribution in [0.15, 0.2) is 18.2 Å². The van der Waals surface area contributed by atoms with Crippen LogP contribution in [0.2, 0.25) is 0 Å². The van der Waals surface area contributed by atoms with E-state index >= 15 is 0 Å². The first kappa shape index (κ1) is 11.1. The molecule has 0 heterocycles. The maximum atomic E-state index is 10.4. The Morgan fingerprint density at radius 2 is 2.36 bits per heavy atom. The van der Waals surface area contributed by atoms with Crippen LogP contribution in [0.3, 0.4) is 0 Å². The summed E-state index contributed by atoms with van der Waals surface area (Å²) in [5.41, 5.74) is 0.696. The minimum absolute atomic E-state index is 0.115. The number of anilines is 1. The van der Waals surface area contributed by atoms with Crippen molar-refractivity contribution in [1.82, 2.24) is 0 Å². The van der Waals surface area contributed by atoms with E-state index in [1.807, 2.05) is 12.1 Å². The molecule has 0 unspecified atom stereocenters. The van der Waals surface area contributed by atoms with E-state index in [2.05, 4.69) is 27.9 Å². The first-order valence-corrected chi connectivity index (χ1v) is 5.00. The van der Waals surface area contributed by atoms with Crippen molar-refractivity contribution in [3.8, 4) is 5.75 Å². The van der Waals surface area contributed by atoms with E-state index in [0.717, 1.165) is 3.57 Å². The topological polar surface area (TPSA) is 58.6 Å². The Morgan fingerprint density at radius 1 is 1.64 bits per heavy atom. The number of methoxy groups -OCH3 is 1. The van der Waals surface area contributed by atoms with E-state index in [-0.39, 0.29) is 6.54 Å². The van der Waals surface area contributed by atoms with Crippen LogP contribution in [0.5, 0.6) is 5.75 Å². The molecule has 1 aromatic carbocycles. The van der Waals surface area contributed by atoms with Gasteiger partial charge in [0.1, 0.15) is 12.3 Å². The van der Waals surface area contributed by atoms with Gasteiger partial charge in [-0.2, -0.15) is 0 Å². The summed E-state index contributed by atoms with van der Waals surface area (Å²) in [6, 6.07) is 5.53. The standard InChI is InChI=1S/C9H10INO3/c1-14-8-3-2-6(10)4-7(8)11-5-9(12)13/h2-4,11H,5H2,1H3,(H,12,13). The lowest BCUT2D eigenvalue weighted by Gasteiger charge is -2.09.